The number of piperidine rings is 1. The number of carbonyl (C=O) groups is 2. The van der Waals surface area contributed by atoms with E-state index in [1.807, 2.05) is 29.2 Å². The van der Waals surface area contributed by atoms with Gasteiger partial charge >= 0.3 is 5.97 Å². The zero-order valence-electron chi connectivity index (χ0n) is 19.3. The molecule has 0 radical (unpaired) electrons. The summed E-state index contributed by atoms with van der Waals surface area (Å²) in [5, 5.41) is 12.0. The van der Waals surface area contributed by atoms with E-state index in [1.54, 1.807) is 6.92 Å². The number of nitrogens with zero attached hydrogens (tertiary/aromatic N) is 2. The molecule has 6 heteroatoms. The minimum absolute atomic E-state index is 0.0101. The van der Waals surface area contributed by atoms with Crippen LogP contribution in [0.25, 0.3) is 0 Å². The number of carboxylic acid groups (broad SMARTS) is 1. The summed E-state index contributed by atoms with van der Waals surface area (Å²) in [6.07, 6.45) is 9.86. The van der Waals surface area contributed by atoms with Crippen LogP contribution in [0.15, 0.2) is 24.3 Å². The van der Waals surface area contributed by atoms with Crippen molar-refractivity contribution in [1.82, 2.24) is 4.90 Å². The molecule has 2 aliphatic rings. The number of para-hydroxylation sites is 2. The molecule has 6 nitrogen and oxygen atoms in total. The monoisotopic (exact) mass is 429 g/mol. The fourth-order valence-electron chi connectivity index (χ4n) is 5.80. The van der Waals surface area contributed by atoms with Crippen molar-refractivity contribution >= 4 is 23.3 Å². The zero-order chi connectivity index (χ0) is 22.4. The standard InChI is InChI=1S/C25H39N3O3/c1-4-8-20-9-7-10-21(16-20)27-14-13-22(15-18(27)2)28(19(3)29)24-12-6-5-11-23(24)26-17-25(30)31/h5-6,11-12,18,20-22,26H,4,7-10,13-17H2,1-3H3,(H,30,31)/t18?,20-,21-,22+/m1/s1. The highest BCUT2D eigenvalue weighted by molar-refractivity contribution is 5.96. The van der Waals surface area contributed by atoms with Crippen molar-refractivity contribution in [3.63, 3.8) is 0 Å². The number of benzene rings is 1. The summed E-state index contributed by atoms with van der Waals surface area (Å²) in [6, 6.07) is 8.79. The maximum atomic E-state index is 12.7. The van der Waals surface area contributed by atoms with Crippen LogP contribution in [0.3, 0.4) is 0 Å². The molecule has 1 saturated heterocycles. The molecule has 1 saturated carbocycles. The largest absolute Gasteiger partial charge is 0.480 e. The molecule has 31 heavy (non-hydrogen) atoms. The molecule has 1 heterocycles. The maximum absolute atomic E-state index is 12.7. The lowest BCUT2D eigenvalue weighted by molar-refractivity contribution is -0.134. The SMILES string of the molecule is CCC[C@@H]1CCC[C@@H](N2CC[C@H](N(C(C)=O)c3ccccc3NCC(=O)O)CC2C)C1. The second kappa shape index (κ2) is 11.0. The highest BCUT2D eigenvalue weighted by Crippen LogP contribution is 2.36. The first kappa shape index (κ1) is 23.6. The number of anilines is 2. The Morgan fingerprint density at radius 1 is 1.19 bits per heavy atom. The molecule has 1 unspecified atom stereocenters. The van der Waals surface area contributed by atoms with Gasteiger partial charge in [-0.15, -0.1) is 0 Å². The van der Waals surface area contributed by atoms with Crippen molar-refractivity contribution in [3.8, 4) is 0 Å². The van der Waals surface area contributed by atoms with Gasteiger partial charge < -0.3 is 15.3 Å². The minimum Gasteiger partial charge on any atom is -0.480 e. The molecule has 2 N–H and O–H groups in total. The third-order valence-electron chi connectivity index (χ3n) is 7.12. The Hall–Kier alpha value is -2.08. The molecule has 3 rings (SSSR count). The number of aliphatic carboxylic acids is 1. The van der Waals surface area contributed by atoms with Gasteiger partial charge in [0.15, 0.2) is 0 Å². The average molecular weight is 430 g/mol. The van der Waals surface area contributed by atoms with Crippen LogP contribution in [0.1, 0.15) is 72.1 Å². The van der Waals surface area contributed by atoms with E-state index in [-0.39, 0.29) is 18.5 Å². The third-order valence-corrected chi connectivity index (χ3v) is 7.12. The maximum Gasteiger partial charge on any atom is 0.322 e. The lowest BCUT2D eigenvalue weighted by Crippen LogP contribution is -2.54. The molecule has 1 aliphatic heterocycles. The minimum atomic E-state index is -0.917. The number of amides is 1. The van der Waals surface area contributed by atoms with Crippen LogP contribution >= 0.6 is 0 Å². The summed E-state index contributed by atoms with van der Waals surface area (Å²) in [6.45, 7) is 7.06. The van der Waals surface area contributed by atoms with Crippen LogP contribution in [0.4, 0.5) is 11.4 Å². The molecule has 4 atom stereocenters. The van der Waals surface area contributed by atoms with Crippen molar-refractivity contribution in [2.75, 3.05) is 23.3 Å². The van der Waals surface area contributed by atoms with Gasteiger partial charge in [-0.2, -0.15) is 0 Å². The Balaban J connectivity index is 1.71. The summed E-state index contributed by atoms with van der Waals surface area (Å²) < 4.78 is 0. The Morgan fingerprint density at radius 3 is 2.65 bits per heavy atom. The van der Waals surface area contributed by atoms with Crippen LogP contribution in [-0.2, 0) is 9.59 Å². The second-order valence-electron chi connectivity index (χ2n) is 9.39. The van der Waals surface area contributed by atoms with Crippen LogP contribution < -0.4 is 10.2 Å². The van der Waals surface area contributed by atoms with E-state index < -0.39 is 5.97 Å². The molecule has 1 amide bonds. The Kier molecular flexibility index (Phi) is 8.35. The molecule has 2 fully saturated rings. The van der Waals surface area contributed by atoms with Crippen LogP contribution in [-0.4, -0.2) is 53.1 Å². The highest BCUT2D eigenvalue weighted by atomic mass is 16.4. The molecule has 1 aromatic rings. The van der Waals surface area contributed by atoms with Crippen molar-refractivity contribution in [1.29, 1.82) is 0 Å². The van der Waals surface area contributed by atoms with E-state index in [4.69, 9.17) is 5.11 Å². The van der Waals surface area contributed by atoms with Gasteiger partial charge in [-0.1, -0.05) is 44.7 Å². The van der Waals surface area contributed by atoms with Gasteiger partial charge in [0.05, 0.1) is 11.4 Å². The topological polar surface area (TPSA) is 72.9 Å². The Morgan fingerprint density at radius 2 is 1.97 bits per heavy atom. The first-order valence-electron chi connectivity index (χ1n) is 12.0. The van der Waals surface area contributed by atoms with E-state index >= 15 is 0 Å². The van der Waals surface area contributed by atoms with Crippen LogP contribution in [0.2, 0.25) is 0 Å². The first-order valence-corrected chi connectivity index (χ1v) is 12.0. The molecule has 0 bridgehead atoms. The van der Waals surface area contributed by atoms with Gasteiger partial charge in [0.2, 0.25) is 5.91 Å². The van der Waals surface area contributed by atoms with Gasteiger partial charge in [-0.25, -0.2) is 0 Å². The van der Waals surface area contributed by atoms with E-state index in [2.05, 4.69) is 24.1 Å². The van der Waals surface area contributed by atoms with Gasteiger partial charge in [0.1, 0.15) is 6.54 Å². The average Bonchev–Trinajstić information content (AvgIpc) is 2.73. The summed E-state index contributed by atoms with van der Waals surface area (Å²) in [5.74, 6) is -0.0366. The lowest BCUT2D eigenvalue weighted by Gasteiger charge is -2.47. The van der Waals surface area contributed by atoms with Gasteiger partial charge in [0, 0.05) is 31.6 Å². The molecule has 172 valence electrons. The molecule has 1 aromatic carbocycles. The number of rotatable bonds is 8. The molecule has 1 aliphatic carbocycles. The van der Waals surface area contributed by atoms with E-state index in [9.17, 15) is 9.59 Å². The highest BCUT2D eigenvalue weighted by Gasteiger charge is 2.36. The van der Waals surface area contributed by atoms with Crippen LogP contribution in [0.5, 0.6) is 0 Å². The van der Waals surface area contributed by atoms with Crippen molar-refractivity contribution < 1.29 is 14.7 Å². The van der Waals surface area contributed by atoms with Gasteiger partial charge in [0.25, 0.3) is 0 Å². The van der Waals surface area contributed by atoms with Crippen molar-refractivity contribution in [2.45, 2.75) is 90.3 Å². The summed E-state index contributed by atoms with van der Waals surface area (Å²) in [7, 11) is 0. The van der Waals surface area contributed by atoms with E-state index in [0.717, 1.165) is 31.0 Å². The first-order chi connectivity index (χ1) is 14.9. The fraction of sp³-hybridized carbons (Fsp3) is 0.680. The molecule has 0 aromatic heterocycles. The molecule has 0 spiro atoms. The summed E-state index contributed by atoms with van der Waals surface area (Å²) >= 11 is 0. The Labute approximate surface area is 187 Å². The van der Waals surface area contributed by atoms with Crippen LogP contribution in [0, 0.1) is 5.92 Å². The second-order valence-corrected chi connectivity index (χ2v) is 9.39. The predicted octanol–water partition coefficient (Wildman–Crippen LogP) is 4.75. The van der Waals surface area contributed by atoms with E-state index in [0.29, 0.717) is 17.8 Å². The molecular formula is C25H39N3O3. The lowest BCUT2D eigenvalue weighted by atomic mass is 9.81. The number of likely N-dealkylation sites (tertiary alicyclic amines) is 1. The number of hydrogen-bond donors (Lipinski definition) is 2. The number of nitrogens with one attached hydrogen (secondary N) is 1. The fourth-order valence-corrected chi connectivity index (χ4v) is 5.80. The number of carboxylic acids is 1. The number of carbonyl (C=O) groups excluding carboxylic acids is 1. The quantitative estimate of drug-likeness (QED) is 0.624. The normalized spacial score (nSPS) is 26.9. The predicted molar refractivity (Wildman–Crippen MR) is 126 cm³/mol. The van der Waals surface area contributed by atoms with Gasteiger partial charge in [-0.05, 0) is 50.7 Å². The smallest absolute Gasteiger partial charge is 0.322 e. The van der Waals surface area contributed by atoms with E-state index in [1.165, 1.54) is 38.5 Å². The molecular weight excluding hydrogens is 390 g/mol. The van der Waals surface area contributed by atoms with Gasteiger partial charge in [-0.3, -0.25) is 14.5 Å². The summed E-state index contributed by atoms with van der Waals surface area (Å²) in [4.78, 5) is 28.3. The zero-order valence-corrected chi connectivity index (χ0v) is 19.3. The van der Waals surface area contributed by atoms with Crippen molar-refractivity contribution in [3.05, 3.63) is 24.3 Å². The number of hydrogen-bond acceptors (Lipinski definition) is 4. The third kappa shape index (κ3) is 6.00. The van der Waals surface area contributed by atoms with Crippen molar-refractivity contribution in [2.24, 2.45) is 5.92 Å². The summed E-state index contributed by atoms with van der Waals surface area (Å²) in [5.41, 5.74) is 1.48. The Bertz CT molecular complexity index is 751.